The Morgan fingerprint density at radius 2 is 2.00 bits per heavy atom. The number of rotatable bonds is 2. The van der Waals surface area contributed by atoms with E-state index in [0.29, 0.717) is 0 Å². The van der Waals surface area contributed by atoms with Gasteiger partial charge in [-0.05, 0) is 18.8 Å². The van der Waals surface area contributed by atoms with Crippen molar-refractivity contribution in [2.75, 3.05) is 6.61 Å². The zero-order chi connectivity index (χ0) is 8.48. The molecule has 2 nitrogen and oxygen atoms in total. The summed E-state index contributed by atoms with van der Waals surface area (Å²) in [7, 11) is 0. The fraction of sp³-hybridized carbons (Fsp3) is 0.833. The van der Waals surface area contributed by atoms with Crippen LogP contribution in [0, 0.1) is 5.92 Å². The molecule has 0 aromatic carbocycles. The Morgan fingerprint density at radius 3 is 2.36 bits per heavy atom. The van der Waals surface area contributed by atoms with Gasteiger partial charge in [-0.15, -0.1) is 0 Å². The highest BCUT2D eigenvalue weighted by Crippen LogP contribution is 2.29. The SMILES string of the molecule is O=C(OCC1CC1)C(F)(F)F. The van der Waals surface area contributed by atoms with Crippen molar-refractivity contribution in [3.05, 3.63) is 0 Å². The van der Waals surface area contributed by atoms with E-state index in [1.807, 2.05) is 0 Å². The third kappa shape index (κ3) is 2.78. The molecule has 0 bridgehead atoms. The fourth-order valence-corrected chi connectivity index (χ4v) is 0.560. The zero-order valence-corrected chi connectivity index (χ0v) is 5.65. The predicted molar refractivity (Wildman–Crippen MR) is 29.7 cm³/mol. The quantitative estimate of drug-likeness (QED) is 0.584. The molecule has 0 unspecified atom stereocenters. The van der Waals surface area contributed by atoms with Gasteiger partial charge in [-0.3, -0.25) is 0 Å². The van der Waals surface area contributed by atoms with Crippen LogP contribution in [0.2, 0.25) is 0 Å². The van der Waals surface area contributed by atoms with Crippen LogP contribution in [-0.4, -0.2) is 18.8 Å². The van der Waals surface area contributed by atoms with Crippen molar-refractivity contribution in [3.8, 4) is 0 Å². The van der Waals surface area contributed by atoms with Crippen LogP contribution >= 0.6 is 0 Å². The van der Waals surface area contributed by atoms with Gasteiger partial charge in [0, 0.05) is 0 Å². The van der Waals surface area contributed by atoms with Gasteiger partial charge < -0.3 is 4.74 Å². The Bertz CT molecular complexity index is 160. The number of alkyl halides is 3. The van der Waals surface area contributed by atoms with E-state index in [-0.39, 0.29) is 12.5 Å². The van der Waals surface area contributed by atoms with Gasteiger partial charge in [0.05, 0.1) is 6.61 Å². The van der Waals surface area contributed by atoms with E-state index in [4.69, 9.17) is 0 Å². The van der Waals surface area contributed by atoms with Crippen molar-refractivity contribution in [1.82, 2.24) is 0 Å². The molecule has 5 heteroatoms. The lowest BCUT2D eigenvalue weighted by Gasteiger charge is -2.05. The number of ether oxygens (including phenoxy) is 1. The average molecular weight is 168 g/mol. The molecule has 11 heavy (non-hydrogen) atoms. The molecule has 0 aromatic rings. The summed E-state index contributed by atoms with van der Waals surface area (Å²) in [6, 6.07) is 0. The molecule has 0 amide bonds. The van der Waals surface area contributed by atoms with Gasteiger partial charge in [0.15, 0.2) is 0 Å². The first-order valence-corrected chi connectivity index (χ1v) is 3.24. The molecule has 1 fully saturated rings. The smallest absolute Gasteiger partial charge is 0.459 e. The minimum Gasteiger partial charge on any atom is -0.459 e. The van der Waals surface area contributed by atoms with E-state index in [0.717, 1.165) is 12.8 Å². The van der Waals surface area contributed by atoms with Crippen LogP contribution in [0.5, 0.6) is 0 Å². The van der Waals surface area contributed by atoms with Crippen molar-refractivity contribution in [3.63, 3.8) is 0 Å². The van der Waals surface area contributed by atoms with E-state index >= 15 is 0 Å². The Morgan fingerprint density at radius 1 is 1.45 bits per heavy atom. The van der Waals surface area contributed by atoms with E-state index < -0.39 is 12.1 Å². The number of hydrogen-bond acceptors (Lipinski definition) is 2. The monoisotopic (exact) mass is 168 g/mol. The van der Waals surface area contributed by atoms with E-state index in [2.05, 4.69) is 4.74 Å². The van der Waals surface area contributed by atoms with E-state index in [1.165, 1.54) is 0 Å². The summed E-state index contributed by atoms with van der Waals surface area (Å²) in [5.74, 6) is -1.91. The minimum atomic E-state index is -4.84. The first-order chi connectivity index (χ1) is 5.00. The first-order valence-electron chi connectivity index (χ1n) is 3.24. The van der Waals surface area contributed by atoms with Crippen LogP contribution < -0.4 is 0 Å². The lowest BCUT2D eigenvalue weighted by atomic mass is 10.5. The second-order valence-corrected chi connectivity index (χ2v) is 2.54. The van der Waals surface area contributed by atoms with Crippen molar-refractivity contribution in [1.29, 1.82) is 0 Å². The van der Waals surface area contributed by atoms with Crippen molar-refractivity contribution < 1.29 is 22.7 Å². The average Bonchev–Trinajstić information content (AvgIpc) is 2.62. The molecule has 0 radical (unpaired) electrons. The topological polar surface area (TPSA) is 26.3 Å². The molecule has 0 aromatic heterocycles. The number of carbonyl (C=O) groups is 1. The Labute approximate surface area is 61.3 Å². The number of halogens is 3. The van der Waals surface area contributed by atoms with E-state index in [9.17, 15) is 18.0 Å². The molecule has 0 aliphatic heterocycles. The second-order valence-electron chi connectivity index (χ2n) is 2.54. The zero-order valence-electron chi connectivity index (χ0n) is 5.65. The van der Waals surface area contributed by atoms with Crippen LogP contribution in [0.4, 0.5) is 13.2 Å². The van der Waals surface area contributed by atoms with Crippen molar-refractivity contribution >= 4 is 5.97 Å². The molecular formula is C6H7F3O2. The molecule has 0 spiro atoms. The van der Waals surface area contributed by atoms with Gasteiger partial charge in [0.25, 0.3) is 0 Å². The maximum absolute atomic E-state index is 11.4. The standard InChI is InChI=1S/C6H7F3O2/c7-6(8,9)5(10)11-3-4-1-2-4/h4H,1-3H2. The summed E-state index contributed by atoms with van der Waals surface area (Å²) < 4.78 is 38.3. The third-order valence-corrected chi connectivity index (χ3v) is 1.38. The van der Waals surface area contributed by atoms with Crippen LogP contribution in [0.3, 0.4) is 0 Å². The van der Waals surface area contributed by atoms with Crippen molar-refractivity contribution in [2.45, 2.75) is 19.0 Å². The third-order valence-electron chi connectivity index (χ3n) is 1.38. The summed E-state index contributed by atoms with van der Waals surface area (Å²) in [6.07, 6.45) is -3.11. The normalized spacial score (nSPS) is 18.1. The molecule has 1 aliphatic rings. The Balaban J connectivity index is 2.19. The van der Waals surface area contributed by atoms with Crippen LogP contribution in [0.15, 0.2) is 0 Å². The molecule has 1 aliphatic carbocycles. The maximum atomic E-state index is 11.4. The summed E-state index contributed by atoms with van der Waals surface area (Å²) in [5.41, 5.74) is 0. The Kier molecular flexibility index (Phi) is 2.06. The highest BCUT2D eigenvalue weighted by molar-refractivity contribution is 5.75. The number of hydrogen-bond donors (Lipinski definition) is 0. The van der Waals surface area contributed by atoms with Gasteiger partial charge in [0.1, 0.15) is 0 Å². The van der Waals surface area contributed by atoms with Crippen LogP contribution in [0.1, 0.15) is 12.8 Å². The number of carbonyl (C=O) groups excluding carboxylic acids is 1. The lowest BCUT2D eigenvalue weighted by molar-refractivity contribution is -0.200. The summed E-state index contributed by atoms with van der Waals surface area (Å²) >= 11 is 0. The van der Waals surface area contributed by atoms with Gasteiger partial charge in [-0.2, -0.15) is 13.2 Å². The Hall–Kier alpha value is -0.740. The molecule has 0 heterocycles. The highest BCUT2D eigenvalue weighted by atomic mass is 19.4. The van der Waals surface area contributed by atoms with Crippen LogP contribution in [-0.2, 0) is 9.53 Å². The fourth-order valence-electron chi connectivity index (χ4n) is 0.560. The van der Waals surface area contributed by atoms with Crippen molar-refractivity contribution in [2.24, 2.45) is 5.92 Å². The summed E-state index contributed by atoms with van der Waals surface area (Å²) in [5, 5.41) is 0. The number of esters is 1. The summed E-state index contributed by atoms with van der Waals surface area (Å²) in [6.45, 7) is -0.0850. The van der Waals surface area contributed by atoms with Gasteiger partial charge in [-0.1, -0.05) is 0 Å². The molecule has 64 valence electrons. The molecular weight excluding hydrogens is 161 g/mol. The molecule has 1 saturated carbocycles. The van der Waals surface area contributed by atoms with E-state index in [1.54, 1.807) is 0 Å². The lowest BCUT2D eigenvalue weighted by Crippen LogP contribution is -2.26. The first kappa shape index (κ1) is 8.36. The highest BCUT2D eigenvalue weighted by Gasteiger charge is 2.41. The molecule has 0 saturated heterocycles. The summed E-state index contributed by atoms with van der Waals surface area (Å²) in [4.78, 5) is 10.0. The molecule has 0 N–H and O–H groups in total. The van der Waals surface area contributed by atoms with Gasteiger partial charge in [0.2, 0.25) is 0 Å². The molecule has 0 atom stereocenters. The van der Waals surface area contributed by atoms with Gasteiger partial charge in [-0.25, -0.2) is 4.79 Å². The predicted octanol–water partition coefficient (Wildman–Crippen LogP) is 1.50. The second kappa shape index (κ2) is 2.71. The maximum Gasteiger partial charge on any atom is 0.490 e. The van der Waals surface area contributed by atoms with Crippen LogP contribution in [0.25, 0.3) is 0 Å². The minimum absolute atomic E-state index is 0.0850. The largest absolute Gasteiger partial charge is 0.490 e. The van der Waals surface area contributed by atoms with Gasteiger partial charge >= 0.3 is 12.1 Å². The molecule has 1 rings (SSSR count).